The predicted molar refractivity (Wildman–Crippen MR) is 49.3 cm³/mol. The van der Waals surface area contributed by atoms with Crippen molar-refractivity contribution in [3.8, 4) is 0 Å². The molecular weight excluding hydrogens is 266 g/mol. The zero-order valence-electron chi connectivity index (χ0n) is 8.29. The Morgan fingerprint density at radius 2 is 1.92 bits per heavy atom. The molecule has 0 amide bonds. The molecule has 0 aromatic heterocycles. The van der Waals surface area contributed by atoms with Crippen molar-refractivity contribution in [3.05, 3.63) is 0 Å². The Balaban J connectivity index is 4.26. The Hall–Kier alpha value is 0.248. The van der Waals surface area contributed by atoms with E-state index in [4.69, 9.17) is 9.84 Å². The quantitative estimate of drug-likeness (QED) is 0.484. The van der Waals surface area contributed by atoms with Gasteiger partial charge in [-0.2, -0.15) is 0 Å². The third-order valence-corrected chi connectivity index (χ3v) is 8.80. The van der Waals surface area contributed by atoms with Crippen LogP contribution in [-0.2, 0) is 9.53 Å². The van der Waals surface area contributed by atoms with Crippen LogP contribution in [0.25, 0.3) is 0 Å². The van der Waals surface area contributed by atoms with Gasteiger partial charge in [-0.25, -0.2) is 0 Å². The van der Waals surface area contributed by atoms with E-state index in [1.807, 2.05) is 13.8 Å². The summed E-state index contributed by atoms with van der Waals surface area (Å²) >= 11 is -1.49. The molecule has 0 aliphatic rings. The molecule has 0 radical (unpaired) electrons. The van der Waals surface area contributed by atoms with Gasteiger partial charge >= 0.3 is 81.0 Å². The molecule has 0 aromatic carbocycles. The topological polar surface area (TPSA) is 46.5 Å². The zero-order valence-corrected chi connectivity index (χ0v) is 10.8. The minimum absolute atomic E-state index is 0.273. The maximum atomic E-state index is 11.4. The van der Waals surface area contributed by atoms with E-state index in [0.717, 1.165) is 0 Å². The van der Waals surface area contributed by atoms with Gasteiger partial charge in [-0.15, -0.1) is 0 Å². The first kappa shape index (κ1) is 12.2. The van der Waals surface area contributed by atoms with Crippen molar-refractivity contribution in [2.45, 2.75) is 40.2 Å². The predicted octanol–water partition coefficient (Wildman–Crippen LogP) is 1.40. The molecule has 4 heteroatoms. The Bertz CT molecular complexity index is 164. The third-order valence-electron chi connectivity index (χ3n) is 1.90. The van der Waals surface area contributed by atoms with E-state index in [9.17, 15) is 4.79 Å². The molecule has 0 heterocycles. The normalized spacial score (nSPS) is 14.6. The Morgan fingerprint density at radius 1 is 1.50 bits per heavy atom. The van der Waals surface area contributed by atoms with E-state index < -0.39 is 26.5 Å². The summed E-state index contributed by atoms with van der Waals surface area (Å²) in [6, 6.07) is 0. The molecule has 0 fully saturated rings. The van der Waals surface area contributed by atoms with Crippen LogP contribution < -0.4 is 0 Å². The molecule has 72 valence electrons. The van der Waals surface area contributed by atoms with Gasteiger partial charge in [0.15, 0.2) is 0 Å². The number of esters is 1. The second-order valence-corrected chi connectivity index (χ2v) is 11.8. The van der Waals surface area contributed by atoms with Crippen LogP contribution in [0.2, 0.25) is 13.1 Å². The fourth-order valence-corrected chi connectivity index (χ4v) is 1.67. The molecule has 0 aliphatic carbocycles. The van der Waals surface area contributed by atoms with E-state index in [0.29, 0.717) is 0 Å². The van der Waals surface area contributed by atoms with Crippen molar-refractivity contribution in [3.63, 3.8) is 0 Å². The molecule has 3 nitrogen and oxygen atoms in total. The van der Waals surface area contributed by atoms with Gasteiger partial charge in [0, 0.05) is 0 Å². The molecule has 0 saturated carbocycles. The van der Waals surface area contributed by atoms with Crippen LogP contribution in [0.1, 0.15) is 20.8 Å². The summed E-state index contributed by atoms with van der Waals surface area (Å²) in [4.78, 5) is 15.6. The van der Waals surface area contributed by atoms with Gasteiger partial charge in [0.1, 0.15) is 0 Å². The first-order chi connectivity index (χ1) is 5.28. The van der Waals surface area contributed by atoms with Gasteiger partial charge in [-0.3, -0.25) is 0 Å². The number of hydrogen-bond donors (Lipinski definition) is 1. The van der Waals surface area contributed by atoms with E-state index in [1.54, 1.807) is 0 Å². The SMILES string of the molecule is CC(O)OC(=O)[C](C)(C)[Sb]([CH3])[CH3]. The number of carbonyl (C=O) groups is 1. The van der Waals surface area contributed by atoms with Crippen LogP contribution in [-0.4, -0.2) is 37.6 Å². The van der Waals surface area contributed by atoms with Crippen LogP contribution in [0.15, 0.2) is 0 Å². The molecule has 1 N–H and O–H groups in total. The summed E-state index contributed by atoms with van der Waals surface area (Å²) in [5.41, 5.74) is 0. The summed E-state index contributed by atoms with van der Waals surface area (Å²) in [6.07, 6.45) is -0.989. The van der Waals surface area contributed by atoms with Crippen molar-refractivity contribution in [2.75, 3.05) is 0 Å². The van der Waals surface area contributed by atoms with E-state index in [2.05, 4.69) is 9.74 Å². The van der Waals surface area contributed by atoms with E-state index >= 15 is 0 Å². The van der Waals surface area contributed by atoms with Crippen molar-refractivity contribution < 1.29 is 14.6 Å². The summed E-state index contributed by atoms with van der Waals surface area (Å²) in [5.74, 6) is -0.273. The molecule has 1 atom stereocenters. The van der Waals surface area contributed by atoms with Crippen LogP contribution >= 0.6 is 0 Å². The number of aliphatic hydroxyl groups is 1. The van der Waals surface area contributed by atoms with Crippen LogP contribution in [0.4, 0.5) is 0 Å². The monoisotopic (exact) mass is 282 g/mol. The summed E-state index contributed by atoms with van der Waals surface area (Å²) < 4.78 is 4.39. The van der Waals surface area contributed by atoms with Crippen molar-refractivity contribution in [1.82, 2.24) is 0 Å². The second-order valence-electron chi connectivity index (χ2n) is 3.46. The van der Waals surface area contributed by atoms with Gasteiger partial charge in [0.2, 0.25) is 0 Å². The number of hydrogen-bond acceptors (Lipinski definition) is 3. The molecule has 0 spiro atoms. The number of rotatable bonds is 3. The van der Waals surface area contributed by atoms with E-state index in [-0.39, 0.29) is 9.33 Å². The average molecular weight is 283 g/mol. The average Bonchev–Trinajstić information content (AvgIpc) is 1.85. The summed E-state index contributed by atoms with van der Waals surface area (Å²) in [5, 5.41) is 8.85. The first-order valence-corrected chi connectivity index (χ1v) is 10.2. The van der Waals surface area contributed by atoms with Crippen molar-refractivity contribution in [1.29, 1.82) is 0 Å². The van der Waals surface area contributed by atoms with Crippen molar-refractivity contribution >= 4 is 26.2 Å². The molecule has 0 saturated heterocycles. The summed E-state index contributed by atoms with van der Waals surface area (Å²) in [6.45, 7) is 5.22. The molecule has 0 bridgehead atoms. The van der Waals surface area contributed by atoms with Gasteiger partial charge in [0.05, 0.1) is 0 Å². The molecule has 0 rings (SSSR count). The molecule has 1 unspecified atom stereocenters. The third kappa shape index (κ3) is 3.32. The zero-order chi connectivity index (χ0) is 9.94. The number of ether oxygens (including phenoxy) is 1. The van der Waals surface area contributed by atoms with Crippen LogP contribution in [0.3, 0.4) is 0 Å². The molecule has 0 aromatic rings. The Kier molecular flexibility index (Phi) is 4.57. The maximum absolute atomic E-state index is 11.4. The number of carbonyl (C=O) groups excluding carboxylic acids is 1. The standard InChI is InChI=1S/C6H11O3.2CH3.Sb/c1-4(2)6(8)9-5(3)7;;;/h5,7H,1-3H3;2*1H3;. The van der Waals surface area contributed by atoms with Crippen LogP contribution in [0, 0.1) is 0 Å². The van der Waals surface area contributed by atoms with Gasteiger partial charge in [0.25, 0.3) is 0 Å². The minimum atomic E-state index is -1.49. The van der Waals surface area contributed by atoms with Gasteiger partial charge in [-0.05, 0) is 0 Å². The van der Waals surface area contributed by atoms with Gasteiger partial charge < -0.3 is 0 Å². The van der Waals surface area contributed by atoms with Crippen LogP contribution in [0.5, 0.6) is 0 Å². The second kappa shape index (κ2) is 4.47. The van der Waals surface area contributed by atoms with E-state index in [1.165, 1.54) is 6.92 Å². The Labute approximate surface area is 81.1 Å². The van der Waals surface area contributed by atoms with Gasteiger partial charge in [-0.1, -0.05) is 0 Å². The summed E-state index contributed by atoms with van der Waals surface area (Å²) in [7, 11) is 0. The molecule has 0 aliphatic heterocycles. The molecule has 12 heavy (non-hydrogen) atoms. The number of aliphatic hydroxyl groups excluding tert-OH is 1. The fourth-order valence-electron chi connectivity index (χ4n) is 0.482. The first-order valence-electron chi connectivity index (χ1n) is 3.85. The Morgan fingerprint density at radius 3 is 2.17 bits per heavy atom. The van der Waals surface area contributed by atoms with Crippen molar-refractivity contribution in [2.24, 2.45) is 0 Å². The molecular formula is C8H17O3Sb. The fraction of sp³-hybridized carbons (Fsp3) is 0.875.